The van der Waals surface area contributed by atoms with Gasteiger partial charge in [-0.25, -0.2) is 9.78 Å². The van der Waals surface area contributed by atoms with E-state index < -0.39 is 6.03 Å². The molecule has 0 unspecified atom stereocenters. The molecule has 1 aromatic heterocycles. The number of carbonyl (C=O) groups is 2. The van der Waals surface area contributed by atoms with Crippen LogP contribution in [0.1, 0.15) is 6.42 Å². The predicted octanol–water partition coefficient (Wildman–Crippen LogP) is 0.902. The minimum Gasteiger partial charge on any atom is -0.351 e. The number of hydrogen-bond donors (Lipinski definition) is 3. The molecule has 1 atom stereocenters. The van der Waals surface area contributed by atoms with E-state index in [0.29, 0.717) is 25.5 Å². The fraction of sp³-hybridized carbons (Fsp3) is 0.308. The molecule has 7 heteroatoms. The number of imidazole rings is 1. The quantitative estimate of drug-likeness (QED) is 0.757. The Balaban J connectivity index is 1.68. The van der Waals surface area contributed by atoms with Crippen LogP contribution in [0.4, 0.5) is 10.7 Å². The molecule has 0 spiro atoms. The molecule has 1 aromatic carbocycles. The first-order valence-electron chi connectivity index (χ1n) is 6.43. The van der Waals surface area contributed by atoms with Crippen LogP contribution in [0.15, 0.2) is 24.3 Å². The van der Waals surface area contributed by atoms with Crippen molar-refractivity contribution in [3.63, 3.8) is 0 Å². The first kappa shape index (κ1) is 12.5. The second-order valence-corrected chi connectivity index (χ2v) is 4.86. The summed E-state index contributed by atoms with van der Waals surface area (Å²) in [6.45, 7) is 0.884. The summed E-state index contributed by atoms with van der Waals surface area (Å²) in [5.74, 6) is 0.0391. The Morgan fingerprint density at radius 3 is 2.90 bits per heavy atom. The number of aromatic nitrogens is 2. The molecule has 20 heavy (non-hydrogen) atoms. The predicted molar refractivity (Wildman–Crippen MR) is 74.0 cm³/mol. The number of urea groups is 1. The van der Waals surface area contributed by atoms with Crippen LogP contribution in [0.5, 0.6) is 0 Å². The van der Waals surface area contributed by atoms with Crippen LogP contribution in [-0.4, -0.2) is 39.9 Å². The Hall–Kier alpha value is -2.57. The lowest BCUT2D eigenvalue weighted by Crippen LogP contribution is -2.35. The average molecular weight is 273 g/mol. The van der Waals surface area contributed by atoms with Crippen molar-refractivity contribution in [1.82, 2.24) is 14.9 Å². The Labute approximate surface area is 115 Å². The van der Waals surface area contributed by atoms with Crippen molar-refractivity contribution < 1.29 is 9.59 Å². The number of amides is 3. The maximum atomic E-state index is 12.1. The number of primary amides is 1. The molecule has 2 heterocycles. The van der Waals surface area contributed by atoms with Gasteiger partial charge in [-0.1, -0.05) is 12.1 Å². The molecular formula is C13H15N5O2. The molecule has 1 fully saturated rings. The summed E-state index contributed by atoms with van der Waals surface area (Å²) in [6, 6.07) is 7.06. The molecule has 0 radical (unpaired) electrons. The van der Waals surface area contributed by atoms with Gasteiger partial charge < -0.3 is 15.6 Å². The van der Waals surface area contributed by atoms with Gasteiger partial charge in [-0.05, 0) is 18.6 Å². The summed E-state index contributed by atoms with van der Waals surface area (Å²) in [6.07, 6.45) is 0.620. The van der Waals surface area contributed by atoms with Gasteiger partial charge in [0, 0.05) is 13.1 Å². The van der Waals surface area contributed by atoms with Crippen molar-refractivity contribution in [3.8, 4) is 0 Å². The largest absolute Gasteiger partial charge is 0.351 e. The smallest absolute Gasteiger partial charge is 0.314 e. The summed E-state index contributed by atoms with van der Waals surface area (Å²) in [4.78, 5) is 31.9. The van der Waals surface area contributed by atoms with Crippen molar-refractivity contribution >= 4 is 28.9 Å². The second kappa shape index (κ2) is 4.84. The van der Waals surface area contributed by atoms with Gasteiger partial charge in [-0.2, -0.15) is 0 Å². The monoisotopic (exact) mass is 273 g/mol. The molecule has 7 nitrogen and oxygen atoms in total. The molecule has 104 valence electrons. The van der Waals surface area contributed by atoms with Gasteiger partial charge in [0.1, 0.15) is 0 Å². The zero-order valence-corrected chi connectivity index (χ0v) is 10.8. The van der Waals surface area contributed by atoms with E-state index in [1.807, 2.05) is 24.3 Å². The van der Waals surface area contributed by atoms with E-state index in [-0.39, 0.29) is 11.8 Å². The van der Waals surface area contributed by atoms with Crippen molar-refractivity contribution in [1.29, 1.82) is 0 Å². The Bertz CT molecular complexity index is 633. The molecule has 1 saturated heterocycles. The number of nitrogens with one attached hydrogen (secondary N) is 2. The molecule has 0 aliphatic carbocycles. The molecule has 3 amide bonds. The zero-order valence-electron chi connectivity index (χ0n) is 10.8. The highest BCUT2D eigenvalue weighted by Crippen LogP contribution is 2.19. The third-order valence-corrected chi connectivity index (χ3v) is 3.50. The molecule has 0 bridgehead atoms. The average Bonchev–Trinajstić information content (AvgIpc) is 3.04. The van der Waals surface area contributed by atoms with Crippen LogP contribution in [0.2, 0.25) is 0 Å². The number of H-pyrrole nitrogens is 1. The fourth-order valence-corrected chi connectivity index (χ4v) is 2.41. The first-order chi connectivity index (χ1) is 9.63. The molecule has 1 aliphatic heterocycles. The van der Waals surface area contributed by atoms with E-state index in [2.05, 4.69) is 15.3 Å². The molecule has 0 saturated carbocycles. The zero-order chi connectivity index (χ0) is 14.1. The number of aromatic amines is 1. The number of fused-ring (bicyclic) bond motifs is 1. The van der Waals surface area contributed by atoms with Gasteiger partial charge in [0.05, 0.1) is 17.0 Å². The van der Waals surface area contributed by atoms with Crippen LogP contribution >= 0.6 is 0 Å². The van der Waals surface area contributed by atoms with E-state index in [1.165, 1.54) is 4.90 Å². The summed E-state index contributed by atoms with van der Waals surface area (Å²) >= 11 is 0. The maximum absolute atomic E-state index is 12.1. The van der Waals surface area contributed by atoms with Crippen molar-refractivity contribution in [2.45, 2.75) is 6.42 Å². The number of para-hydroxylation sites is 2. The Morgan fingerprint density at radius 2 is 2.20 bits per heavy atom. The van der Waals surface area contributed by atoms with Crippen LogP contribution in [-0.2, 0) is 4.79 Å². The third-order valence-electron chi connectivity index (χ3n) is 3.50. The van der Waals surface area contributed by atoms with Crippen molar-refractivity contribution in [2.75, 3.05) is 18.4 Å². The van der Waals surface area contributed by atoms with E-state index in [4.69, 9.17) is 5.73 Å². The minimum absolute atomic E-state index is 0.146. The summed E-state index contributed by atoms with van der Waals surface area (Å²) in [7, 11) is 0. The summed E-state index contributed by atoms with van der Waals surface area (Å²) in [5, 5.41) is 2.75. The number of nitrogens with two attached hydrogens (primary N) is 1. The van der Waals surface area contributed by atoms with E-state index in [1.54, 1.807) is 0 Å². The highest BCUT2D eigenvalue weighted by atomic mass is 16.2. The molecular weight excluding hydrogens is 258 g/mol. The van der Waals surface area contributed by atoms with Crippen LogP contribution in [0.3, 0.4) is 0 Å². The van der Waals surface area contributed by atoms with Crippen LogP contribution in [0, 0.1) is 5.92 Å². The lowest BCUT2D eigenvalue weighted by atomic mass is 10.1. The van der Waals surface area contributed by atoms with Gasteiger partial charge in [-0.3, -0.25) is 10.1 Å². The van der Waals surface area contributed by atoms with Crippen LogP contribution in [0.25, 0.3) is 11.0 Å². The topological polar surface area (TPSA) is 104 Å². The number of nitrogens with zero attached hydrogens (tertiary/aromatic N) is 2. The van der Waals surface area contributed by atoms with E-state index >= 15 is 0 Å². The highest BCUT2D eigenvalue weighted by Gasteiger charge is 2.30. The van der Waals surface area contributed by atoms with Gasteiger partial charge >= 0.3 is 6.03 Å². The molecule has 3 rings (SSSR count). The second-order valence-electron chi connectivity index (χ2n) is 4.86. The number of anilines is 1. The Kier molecular flexibility index (Phi) is 3.02. The van der Waals surface area contributed by atoms with Crippen LogP contribution < -0.4 is 11.1 Å². The summed E-state index contributed by atoms with van der Waals surface area (Å²) < 4.78 is 0. The van der Waals surface area contributed by atoms with Crippen molar-refractivity contribution in [2.24, 2.45) is 11.7 Å². The summed E-state index contributed by atoms with van der Waals surface area (Å²) in [5.41, 5.74) is 6.87. The number of likely N-dealkylation sites (tertiary alicyclic amines) is 1. The number of carbonyl (C=O) groups excluding carboxylic acids is 2. The minimum atomic E-state index is -0.482. The lowest BCUT2D eigenvalue weighted by molar-refractivity contribution is -0.119. The first-order valence-corrected chi connectivity index (χ1v) is 6.43. The number of hydrogen-bond acceptors (Lipinski definition) is 3. The molecule has 4 N–H and O–H groups in total. The van der Waals surface area contributed by atoms with Crippen molar-refractivity contribution in [3.05, 3.63) is 24.3 Å². The fourth-order valence-electron chi connectivity index (χ4n) is 2.41. The number of benzene rings is 1. The van der Waals surface area contributed by atoms with E-state index in [0.717, 1.165) is 11.0 Å². The van der Waals surface area contributed by atoms with Gasteiger partial charge in [0.15, 0.2) is 0 Å². The SMILES string of the molecule is NC(=O)N1CC[C@H](C(=O)Nc2nc3ccccc3[nH]2)C1. The van der Waals surface area contributed by atoms with E-state index in [9.17, 15) is 9.59 Å². The van der Waals surface area contributed by atoms with Gasteiger partial charge in [-0.15, -0.1) is 0 Å². The normalized spacial score (nSPS) is 18.4. The molecule has 1 aliphatic rings. The third kappa shape index (κ3) is 2.29. The lowest BCUT2D eigenvalue weighted by Gasteiger charge is -2.12. The maximum Gasteiger partial charge on any atom is 0.314 e. The standard InChI is InChI=1S/C13H15N5O2/c14-12(20)18-6-5-8(7-18)11(19)17-13-15-9-3-1-2-4-10(9)16-13/h1-4,8H,5-7H2,(H2,14,20)(H2,15,16,17,19)/t8-/m0/s1. The highest BCUT2D eigenvalue weighted by molar-refractivity contribution is 5.93. The van der Waals surface area contributed by atoms with Gasteiger partial charge in [0.25, 0.3) is 0 Å². The Morgan fingerprint density at radius 1 is 1.40 bits per heavy atom. The molecule has 2 aromatic rings. The number of rotatable bonds is 2. The van der Waals surface area contributed by atoms with Gasteiger partial charge in [0.2, 0.25) is 11.9 Å².